The Bertz CT molecular complexity index is 303. The fourth-order valence-electron chi connectivity index (χ4n) is 0.983. The van der Waals surface area contributed by atoms with Crippen molar-refractivity contribution in [1.82, 2.24) is 4.98 Å². The summed E-state index contributed by atoms with van der Waals surface area (Å²) >= 11 is 0. The minimum Gasteiger partial charge on any atom is -0.264 e. The molecule has 0 unspecified atom stereocenters. The lowest BCUT2D eigenvalue weighted by Gasteiger charge is -1.82. The minimum atomic E-state index is 1.21. The summed E-state index contributed by atoms with van der Waals surface area (Å²) in [5.74, 6) is 0. The molecule has 0 aliphatic heterocycles. The third kappa shape index (κ3) is 12.4. The number of hydrogen-bond donors (Lipinski definition) is 0. The fourth-order valence-corrected chi connectivity index (χ4v) is 0.983. The molecule has 0 amide bonds. The van der Waals surface area contributed by atoms with E-state index in [1.165, 1.54) is 11.1 Å². The molecule has 18 heavy (non-hydrogen) atoms. The van der Waals surface area contributed by atoms with Gasteiger partial charge in [-0.05, 0) is 25.5 Å². The molecule has 2 rings (SSSR count). The molecule has 0 aliphatic carbocycles. The van der Waals surface area contributed by atoms with E-state index in [4.69, 9.17) is 0 Å². The maximum Gasteiger partial charge on any atom is 0.0297 e. The number of hydrogen-bond acceptors (Lipinski definition) is 1. The zero-order valence-electron chi connectivity index (χ0n) is 12.6. The van der Waals surface area contributed by atoms with Gasteiger partial charge in [0.2, 0.25) is 0 Å². The van der Waals surface area contributed by atoms with Crippen LogP contribution in [0.2, 0.25) is 0 Å². The van der Waals surface area contributed by atoms with Gasteiger partial charge in [0.25, 0.3) is 0 Å². The molecule has 1 aromatic carbocycles. The molecule has 0 spiro atoms. The van der Waals surface area contributed by atoms with Gasteiger partial charge in [-0.1, -0.05) is 69.7 Å². The Hall–Kier alpha value is -1.63. The fraction of sp³-hybridized carbons (Fsp3) is 0.353. The highest BCUT2D eigenvalue weighted by molar-refractivity contribution is 5.11. The Balaban J connectivity index is 0. The van der Waals surface area contributed by atoms with E-state index >= 15 is 0 Å². The summed E-state index contributed by atoms with van der Waals surface area (Å²) in [6.07, 6.45) is 3.60. The number of aromatic nitrogens is 1. The van der Waals surface area contributed by atoms with E-state index in [0.29, 0.717) is 0 Å². The third-order valence-corrected chi connectivity index (χ3v) is 1.75. The van der Waals surface area contributed by atoms with Crippen molar-refractivity contribution in [2.24, 2.45) is 0 Å². The zero-order valence-corrected chi connectivity index (χ0v) is 12.6. The molecule has 1 heterocycles. The molecule has 2 aromatic rings. The highest BCUT2D eigenvalue weighted by atomic mass is 14.6. The van der Waals surface area contributed by atoms with Crippen LogP contribution in [0.1, 0.15) is 38.8 Å². The molecule has 0 radical (unpaired) electrons. The second kappa shape index (κ2) is 15.4. The Kier molecular flexibility index (Phi) is 16.0. The highest BCUT2D eigenvalue weighted by Gasteiger charge is 1.73. The lowest BCUT2D eigenvalue weighted by atomic mass is 10.2. The van der Waals surface area contributed by atoms with Gasteiger partial charge < -0.3 is 0 Å². The van der Waals surface area contributed by atoms with Crippen LogP contribution < -0.4 is 0 Å². The maximum absolute atomic E-state index is 3.88. The van der Waals surface area contributed by atoms with Gasteiger partial charge in [-0.25, -0.2) is 0 Å². The topological polar surface area (TPSA) is 12.9 Å². The summed E-state index contributed by atoms with van der Waals surface area (Å²) < 4.78 is 0. The molecule has 0 saturated heterocycles. The van der Waals surface area contributed by atoms with Crippen LogP contribution in [-0.2, 0) is 0 Å². The van der Waals surface area contributed by atoms with Crippen molar-refractivity contribution in [3.8, 4) is 0 Å². The van der Waals surface area contributed by atoms with E-state index in [0.717, 1.165) is 0 Å². The Labute approximate surface area is 113 Å². The summed E-state index contributed by atoms with van der Waals surface area (Å²) in [5, 5.41) is 0. The van der Waals surface area contributed by atoms with E-state index < -0.39 is 0 Å². The van der Waals surface area contributed by atoms with E-state index in [9.17, 15) is 0 Å². The molecule has 1 aromatic heterocycles. The van der Waals surface area contributed by atoms with Crippen LogP contribution >= 0.6 is 0 Å². The van der Waals surface area contributed by atoms with E-state index in [2.05, 4.69) is 24.0 Å². The van der Waals surface area contributed by atoms with Crippen LogP contribution in [0.25, 0.3) is 0 Å². The molecular formula is C17H27N. The normalized spacial score (nSPS) is 7.44. The van der Waals surface area contributed by atoms with Crippen LogP contribution in [0, 0.1) is 13.8 Å². The quantitative estimate of drug-likeness (QED) is 0.602. The Morgan fingerprint density at radius 1 is 0.667 bits per heavy atom. The summed E-state index contributed by atoms with van der Waals surface area (Å²) in [7, 11) is 0. The Morgan fingerprint density at radius 2 is 1.17 bits per heavy atom. The van der Waals surface area contributed by atoms with Crippen molar-refractivity contribution < 1.29 is 0 Å². The second-order valence-electron chi connectivity index (χ2n) is 3.19. The first-order chi connectivity index (χ1) is 8.79. The van der Waals surface area contributed by atoms with Crippen molar-refractivity contribution in [1.29, 1.82) is 0 Å². The van der Waals surface area contributed by atoms with Crippen LogP contribution in [0.4, 0.5) is 0 Å². The van der Waals surface area contributed by atoms with Gasteiger partial charge in [-0.15, -0.1) is 0 Å². The molecule has 0 fully saturated rings. The number of benzene rings is 1. The maximum atomic E-state index is 3.88. The lowest BCUT2D eigenvalue weighted by molar-refractivity contribution is 1.27. The van der Waals surface area contributed by atoms with Gasteiger partial charge in [0.05, 0.1) is 0 Å². The summed E-state index contributed by atoms with van der Waals surface area (Å²) in [6, 6.07) is 14.2. The number of pyridine rings is 1. The van der Waals surface area contributed by atoms with Gasteiger partial charge in [0.1, 0.15) is 0 Å². The van der Waals surface area contributed by atoms with Crippen LogP contribution in [0.15, 0.2) is 54.9 Å². The molecule has 1 heteroatoms. The third-order valence-electron chi connectivity index (χ3n) is 1.75. The minimum absolute atomic E-state index is 1.21. The average Bonchev–Trinajstić information content (AvgIpc) is 2.46. The average molecular weight is 245 g/mol. The monoisotopic (exact) mass is 245 g/mol. The van der Waals surface area contributed by atoms with Crippen LogP contribution in [0.3, 0.4) is 0 Å². The molecular weight excluding hydrogens is 218 g/mol. The molecule has 0 N–H and O–H groups in total. The number of nitrogens with zero attached hydrogens (tertiary/aromatic N) is 1. The van der Waals surface area contributed by atoms with E-state index in [1.54, 1.807) is 6.20 Å². The molecule has 1 nitrogen and oxygen atoms in total. The van der Waals surface area contributed by atoms with Crippen molar-refractivity contribution in [3.05, 3.63) is 66.0 Å². The predicted molar refractivity (Wildman–Crippen MR) is 82.8 cm³/mol. The zero-order chi connectivity index (χ0) is 14.2. The lowest BCUT2D eigenvalue weighted by Crippen LogP contribution is -1.69. The molecule has 0 saturated carbocycles. The van der Waals surface area contributed by atoms with E-state index in [-0.39, 0.29) is 0 Å². The van der Waals surface area contributed by atoms with Gasteiger partial charge >= 0.3 is 0 Å². The van der Waals surface area contributed by atoms with Crippen molar-refractivity contribution >= 4 is 0 Å². The van der Waals surface area contributed by atoms with Crippen LogP contribution in [0.5, 0.6) is 0 Å². The van der Waals surface area contributed by atoms with Crippen molar-refractivity contribution in [2.75, 3.05) is 0 Å². The van der Waals surface area contributed by atoms with E-state index in [1.807, 2.05) is 71.1 Å². The highest BCUT2D eigenvalue weighted by Crippen LogP contribution is 1.92. The number of rotatable bonds is 0. The first-order valence-corrected chi connectivity index (χ1v) is 6.67. The van der Waals surface area contributed by atoms with Crippen molar-refractivity contribution in [3.63, 3.8) is 0 Å². The molecule has 0 bridgehead atoms. The predicted octanol–water partition coefficient (Wildman–Crippen LogP) is 5.44. The first-order valence-electron chi connectivity index (χ1n) is 6.67. The van der Waals surface area contributed by atoms with Gasteiger partial charge in [-0.3, -0.25) is 4.98 Å². The smallest absolute Gasteiger partial charge is 0.0297 e. The van der Waals surface area contributed by atoms with Crippen molar-refractivity contribution in [2.45, 2.75) is 41.5 Å². The second-order valence-corrected chi connectivity index (χ2v) is 3.19. The molecule has 0 atom stereocenters. The standard InChI is InChI=1S/C7H8.C6H7N.2C2H6/c1-7-5-3-2-4-6-7;1-6-3-2-4-7-5-6;2*1-2/h2-6H,1H3;2-5H,1H3;2*1-2H3. The van der Waals surface area contributed by atoms with Gasteiger partial charge in [0, 0.05) is 12.4 Å². The van der Waals surface area contributed by atoms with Gasteiger partial charge in [0.15, 0.2) is 0 Å². The first kappa shape index (κ1) is 18.7. The largest absolute Gasteiger partial charge is 0.264 e. The van der Waals surface area contributed by atoms with Crippen LogP contribution in [-0.4, -0.2) is 4.98 Å². The molecule has 100 valence electrons. The SMILES string of the molecule is CC.CC.Cc1ccccc1.Cc1cccnc1. The van der Waals surface area contributed by atoms with Gasteiger partial charge in [-0.2, -0.15) is 0 Å². The summed E-state index contributed by atoms with van der Waals surface area (Å²) in [5.41, 5.74) is 2.53. The summed E-state index contributed by atoms with van der Waals surface area (Å²) in [6.45, 7) is 12.1. The summed E-state index contributed by atoms with van der Waals surface area (Å²) in [4.78, 5) is 3.88. The number of aryl methyl sites for hydroxylation is 2. The Morgan fingerprint density at radius 3 is 1.39 bits per heavy atom. The molecule has 0 aliphatic rings.